The van der Waals surface area contributed by atoms with E-state index >= 15 is 0 Å². The average molecular weight is 248 g/mol. The van der Waals surface area contributed by atoms with Gasteiger partial charge < -0.3 is 10.6 Å². The van der Waals surface area contributed by atoms with Gasteiger partial charge in [0.1, 0.15) is 5.82 Å². The van der Waals surface area contributed by atoms with Gasteiger partial charge in [0.25, 0.3) is 5.91 Å². The van der Waals surface area contributed by atoms with Crippen molar-refractivity contribution in [2.24, 2.45) is 0 Å². The fourth-order valence-corrected chi connectivity index (χ4v) is 1.94. The number of nitrogens with two attached hydrogens (primary N) is 1. The van der Waals surface area contributed by atoms with Crippen LogP contribution in [0.1, 0.15) is 55.8 Å². The smallest absolute Gasteiger partial charge is 0.274 e. The van der Waals surface area contributed by atoms with Crippen molar-refractivity contribution in [3.05, 3.63) is 17.7 Å². The monoisotopic (exact) mass is 248 g/mol. The minimum atomic E-state index is -0.0678. The first kappa shape index (κ1) is 12.8. The molecule has 0 atom stereocenters. The summed E-state index contributed by atoms with van der Waals surface area (Å²) in [5.41, 5.74) is 6.54. The summed E-state index contributed by atoms with van der Waals surface area (Å²) in [4.78, 5) is 22.7. The molecule has 1 aromatic heterocycles. The predicted molar refractivity (Wildman–Crippen MR) is 70.3 cm³/mol. The number of hydrogen-bond donors (Lipinski definition) is 1. The molecule has 1 amide bonds. The second-order valence-corrected chi connectivity index (χ2v) is 5.01. The third-order valence-electron chi connectivity index (χ3n) is 3.14. The van der Waals surface area contributed by atoms with E-state index < -0.39 is 0 Å². The molecule has 2 rings (SSSR count). The Morgan fingerprint density at radius 2 is 2.22 bits per heavy atom. The highest BCUT2D eigenvalue weighted by atomic mass is 16.2. The topological polar surface area (TPSA) is 72.1 Å². The van der Waals surface area contributed by atoms with E-state index in [2.05, 4.69) is 9.97 Å². The van der Waals surface area contributed by atoms with Crippen molar-refractivity contribution in [2.45, 2.75) is 45.6 Å². The molecule has 0 spiro atoms. The molecule has 0 radical (unpaired) electrons. The van der Waals surface area contributed by atoms with Crippen LogP contribution in [0.3, 0.4) is 0 Å². The van der Waals surface area contributed by atoms with Crippen molar-refractivity contribution < 1.29 is 4.79 Å². The maximum Gasteiger partial charge on any atom is 0.274 e. The molecule has 0 aromatic carbocycles. The lowest BCUT2D eigenvalue weighted by Crippen LogP contribution is -2.34. The molecule has 1 aliphatic rings. The number of carbonyl (C=O) groups excluding carboxylic acids is 1. The highest BCUT2D eigenvalue weighted by molar-refractivity contribution is 5.97. The van der Waals surface area contributed by atoms with Crippen LogP contribution < -0.4 is 5.73 Å². The van der Waals surface area contributed by atoms with Crippen LogP contribution in [0.25, 0.3) is 0 Å². The fraction of sp³-hybridized carbons (Fsp3) is 0.615. The number of hydrogen-bond acceptors (Lipinski definition) is 4. The molecule has 1 aromatic rings. The molecule has 1 heterocycles. The van der Waals surface area contributed by atoms with E-state index in [1.807, 2.05) is 25.7 Å². The van der Waals surface area contributed by atoms with Crippen LogP contribution in [0, 0.1) is 0 Å². The quantitative estimate of drug-likeness (QED) is 0.882. The summed E-state index contributed by atoms with van der Waals surface area (Å²) in [6, 6.07) is 0.374. The molecule has 0 saturated heterocycles. The number of nitrogen functional groups attached to an aromatic ring is 1. The van der Waals surface area contributed by atoms with Gasteiger partial charge in [-0.3, -0.25) is 4.79 Å². The van der Waals surface area contributed by atoms with Crippen LogP contribution in [-0.2, 0) is 0 Å². The molecular weight excluding hydrogens is 228 g/mol. The van der Waals surface area contributed by atoms with Gasteiger partial charge in [0.15, 0.2) is 5.69 Å². The summed E-state index contributed by atoms with van der Waals surface area (Å²) in [6.45, 7) is 6.68. The van der Waals surface area contributed by atoms with Crippen LogP contribution in [-0.4, -0.2) is 33.4 Å². The van der Waals surface area contributed by atoms with Gasteiger partial charge >= 0.3 is 0 Å². The minimum Gasteiger partial charge on any atom is -0.396 e. The van der Waals surface area contributed by atoms with E-state index in [1.54, 1.807) is 0 Å². The lowest BCUT2D eigenvalue weighted by molar-refractivity contribution is 0.0747. The van der Waals surface area contributed by atoms with Gasteiger partial charge in [-0.05, 0) is 19.8 Å². The zero-order valence-corrected chi connectivity index (χ0v) is 11.2. The highest BCUT2D eigenvalue weighted by Gasteiger charge is 2.33. The Hall–Kier alpha value is -1.65. The van der Waals surface area contributed by atoms with Crippen molar-refractivity contribution in [1.29, 1.82) is 0 Å². The summed E-state index contributed by atoms with van der Waals surface area (Å²) in [7, 11) is 0. The summed E-state index contributed by atoms with van der Waals surface area (Å²) in [5.74, 6) is 0.786. The third kappa shape index (κ3) is 2.44. The Morgan fingerprint density at radius 1 is 1.56 bits per heavy atom. The first-order valence-electron chi connectivity index (χ1n) is 6.48. The van der Waals surface area contributed by atoms with Gasteiger partial charge in [-0.15, -0.1) is 0 Å². The summed E-state index contributed by atoms with van der Waals surface area (Å²) in [6.07, 6.45) is 3.71. The molecule has 0 unspecified atom stereocenters. The Kier molecular flexibility index (Phi) is 3.50. The molecule has 1 fully saturated rings. The number of carbonyl (C=O) groups is 1. The second-order valence-electron chi connectivity index (χ2n) is 5.01. The largest absolute Gasteiger partial charge is 0.396 e. The normalized spacial score (nSPS) is 14.9. The zero-order chi connectivity index (χ0) is 13.3. The Bertz CT molecular complexity index is 454. The van der Waals surface area contributed by atoms with E-state index in [-0.39, 0.29) is 11.8 Å². The molecule has 18 heavy (non-hydrogen) atoms. The molecule has 98 valence electrons. The molecule has 5 nitrogen and oxygen atoms in total. The van der Waals surface area contributed by atoms with Crippen LogP contribution in [0.5, 0.6) is 0 Å². The van der Waals surface area contributed by atoms with Gasteiger partial charge in [0.05, 0.1) is 11.9 Å². The van der Waals surface area contributed by atoms with Crippen molar-refractivity contribution in [3.8, 4) is 0 Å². The van der Waals surface area contributed by atoms with E-state index in [0.29, 0.717) is 29.8 Å². The van der Waals surface area contributed by atoms with Gasteiger partial charge in [0.2, 0.25) is 0 Å². The summed E-state index contributed by atoms with van der Waals surface area (Å²) in [5, 5.41) is 0. The highest BCUT2D eigenvalue weighted by Crippen LogP contribution is 2.28. The number of anilines is 1. The maximum absolute atomic E-state index is 12.4. The van der Waals surface area contributed by atoms with Crippen molar-refractivity contribution in [1.82, 2.24) is 14.9 Å². The van der Waals surface area contributed by atoms with Crippen LogP contribution >= 0.6 is 0 Å². The van der Waals surface area contributed by atoms with Crippen LogP contribution in [0.15, 0.2) is 6.20 Å². The lowest BCUT2D eigenvalue weighted by atomic mass is 10.2. The molecule has 5 heteroatoms. The SMILES string of the molecule is CCN(C(=O)c1nc(C(C)C)ncc1N)C1CC1. The Morgan fingerprint density at radius 3 is 2.72 bits per heavy atom. The number of nitrogens with zero attached hydrogens (tertiary/aromatic N) is 3. The van der Waals surface area contributed by atoms with E-state index in [4.69, 9.17) is 5.73 Å². The standard InChI is InChI=1S/C13H20N4O/c1-4-17(9-5-6-9)13(18)11-10(14)7-15-12(16-11)8(2)3/h7-9H,4-6,14H2,1-3H3. The van der Waals surface area contributed by atoms with Gasteiger partial charge in [-0.2, -0.15) is 0 Å². The first-order valence-corrected chi connectivity index (χ1v) is 6.48. The fourth-order valence-electron chi connectivity index (χ4n) is 1.94. The van der Waals surface area contributed by atoms with Gasteiger partial charge in [-0.1, -0.05) is 13.8 Å². The maximum atomic E-state index is 12.4. The molecule has 1 aliphatic carbocycles. The van der Waals surface area contributed by atoms with Crippen molar-refractivity contribution in [2.75, 3.05) is 12.3 Å². The van der Waals surface area contributed by atoms with Crippen molar-refractivity contribution in [3.63, 3.8) is 0 Å². The van der Waals surface area contributed by atoms with Gasteiger partial charge in [0, 0.05) is 18.5 Å². The molecule has 0 aliphatic heterocycles. The van der Waals surface area contributed by atoms with E-state index in [9.17, 15) is 4.79 Å². The molecule has 0 bridgehead atoms. The first-order chi connectivity index (χ1) is 8.54. The third-order valence-corrected chi connectivity index (χ3v) is 3.14. The average Bonchev–Trinajstić information content (AvgIpc) is 3.14. The molecule has 1 saturated carbocycles. The number of aromatic nitrogens is 2. The predicted octanol–water partition coefficient (Wildman–Crippen LogP) is 1.81. The second kappa shape index (κ2) is 4.92. The zero-order valence-electron chi connectivity index (χ0n) is 11.2. The van der Waals surface area contributed by atoms with E-state index in [0.717, 1.165) is 12.8 Å². The van der Waals surface area contributed by atoms with Crippen LogP contribution in [0.2, 0.25) is 0 Å². The minimum absolute atomic E-state index is 0.0678. The van der Waals surface area contributed by atoms with E-state index in [1.165, 1.54) is 6.20 Å². The van der Waals surface area contributed by atoms with Gasteiger partial charge in [-0.25, -0.2) is 9.97 Å². The molecular formula is C13H20N4O. The molecule has 2 N–H and O–H groups in total. The van der Waals surface area contributed by atoms with Crippen molar-refractivity contribution >= 4 is 11.6 Å². The Labute approximate surface area is 107 Å². The van der Waals surface area contributed by atoms with Crippen LogP contribution in [0.4, 0.5) is 5.69 Å². The summed E-state index contributed by atoms with van der Waals surface area (Å²) >= 11 is 0. The number of amides is 1. The Balaban J connectivity index is 2.30. The number of rotatable bonds is 4. The lowest BCUT2D eigenvalue weighted by Gasteiger charge is -2.20. The summed E-state index contributed by atoms with van der Waals surface area (Å²) < 4.78 is 0.